The number of hydrogen-bond donors (Lipinski definition) is 0. The Morgan fingerprint density at radius 3 is 1.86 bits per heavy atom. The molecule has 0 spiro atoms. The maximum Gasteiger partial charge on any atom is 0.247 e. The molecule has 0 saturated carbocycles. The van der Waals surface area contributed by atoms with Gasteiger partial charge in [0, 0.05) is 34.1 Å². The van der Waals surface area contributed by atoms with Gasteiger partial charge in [0.1, 0.15) is 0 Å². The lowest BCUT2D eigenvalue weighted by molar-refractivity contribution is 0.590. The van der Waals surface area contributed by atoms with E-state index in [9.17, 15) is 0 Å². The normalized spacial score (nSPS) is 13.6. The first kappa shape index (κ1) is 43.4. The first-order chi connectivity index (χ1) is 30.6. The molecule has 0 saturated heterocycles. The molecule has 0 unspecified atom stereocenters. The van der Waals surface area contributed by atoms with Crippen molar-refractivity contribution in [1.82, 2.24) is 0 Å². The molecule has 0 amide bonds. The second kappa shape index (κ2) is 16.9. The van der Waals surface area contributed by atoms with Gasteiger partial charge in [0.25, 0.3) is 0 Å². The minimum Gasteiger partial charge on any atom is -0.311 e. The zero-order valence-electron chi connectivity index (χ0n) is 40.0. The van der Waals surface area contributed by atoms with Crippen molar-refractivity contribution in [1.29, 1.82) is 0 Å². The van der Waals surface area contributed by atoms with Crippen LogP contribution in [0.2, 0.25) is 19.6 Å². The van der Waals surface area contributed by atoms with E-state index in [-0.39, 0.29) is 12.1 Å². The SMILES string of the molecule is C=C(Cc1cc(N(c2ccc(C)cc2)c2ccc([Si](C)(C)C)cc2)ccc1B1c2cc3c(cc2N(c2ccccc2C)c2cc(C(C)(C)C)cc(C)c21)CCCC3)c1ccccc1C. The number of hydrogen-bond acceptors (Lipinski definition) is 2. The van der Waals surface area contributed by atoms with Crippen molar-refractivity contribution < 1.29 is 0 Å². The molecule has 1 aliphatic heterocycles. The Hall–Kier alpha value is -5.84. The van der Waals surface area contributed by atoms with E-state index in [2.05, 4.69) is 217 Å². The molecule has 2 aliphatic rings. The number of nitrogens with zero attached hydrogens (tertiary/aromatic N) is 2. The molecular weight excluding hydrogens is 788 g/mol. The summed E-state index contributed by atoms with van der Waals surface area (Å²) in [6, 6.07) is 53.7. The van der Waals surface area contributed by atoms with Crippen LogP contribution in [0.4, 0.5) is 34.1 Å². The molecule has 0 bridgehead atoms. The lowest BCUT2D eigenvalue weighted by atomic mass is 9.33. The van der Waals surface area contributed by atoms with Crippen LogP contribution in [0.5, 0.6) is 0 Å². The standard InChI is InChI=1S/C60H65BN2Si/c1-40-24-26-49(27-25-40)62(50-28-31-52(32-29-50)64(9,10)11)51-30-33-54(47(36-51)34-43(4)53-22-16-12-18-41(53)2)61-55-37-45-20-14-15-21-46(45)38-57(55)63(56-23-17-13-19-42(56)3)58-39-48(60(6,7)8)35-44(5)59(58)61/h12-13,16-19,22-33,35-39H,4,14-15,20-21,34H2,1-3,5-11H3. The Morgan fingerprint density at radius 2 is 1.22 bits per heavy atom. The highest BCUT2D eigenvalue weighted by Crippen LogP contribution is 2.43. The molecule has 1 heterocycles. The van der Waals surface area contributed by atoms with Gasteiger partial charge in [0.2, 0.25) is 6.71 Å². The van der Waals surface area contributed by atoms with Crippen molar-refractivity contribution in [2.75, 3.05) is 9.80 Å². The highest BCUT2D eigenvalue weighted by atomic mass is 28.3. The fourth-order valence-corrected chi connectivity index (χ4v) is 11.6. The molecular formula is C60H65BN2Si. The Labute approximate surface area is 385 Å². The van der Waals surface area contributed by atoms with E-state index in [1.165, 1.54) is 107 Å². The lowest BCUT2D eigenvalue weighted by Gasteiger charge is -2.41. The van der Waals surface area contributed by atoms with Gasteiger partial charge in [-0.3, -0.25) is 0 Å². The number of allylic oxidation sites excluding steroid dienone is 1. The number of benzene rings is 7. The van der Waals surface area contributed by atoms with E-state index in [0.717, 1.165) is 36.2 Å². The van der Waals surface area contributed by atoms with Gasteiger partial charge >= 0.3 is 0 Å². The Morgan fingerprint density at radius 1 is 0.609 bits per heavy atom. The number of aryl methyl sites for hydroxylation is 6. The van der Waals surface area contributed by atoms with Gasteiger partial charge < -0.3 is 9.80 Å². The first-order valence-electron chi connectivity index (χ1n) is 23.6. The molecule has 9 rings (SSSR count). The van der Waals surface area contributed by atoms with E-state index in [0.29, 0.717) is 0 Å². The smallest absolute Gasteiger partial charge is 0.247 e. The number of fused-ring (bicyclic) bond motifs is 3. The minimum absolute atomic E-state index is 0.0177. The summed E-state index contributed by atoms with van der Waals surface area (Å²) in [5.74, 6) is 0. The molecule has 1 aliphatic carbocycles. The highest BCUT2D eigenvalue weighted by molar-refractivity contribution is 6.98. The summed E-state index contributed by atoms with van der Waals surface area (Å²) in [7, 11) is -1.50. The van der Waals surface area contributed by atoms with Gasteiger partial charge in [-0.2, -0.15) is 0 Å². The molecule has 7 aromatic rings. The molecule has 0 N–H and O–H groups in total. The van der Waals surface area contributed by atoms with Gasteiger partial charge in [-0.1, -0.05) is 154 Å². The van der Waals surface area contributed by atoms with Crippen LogP contribution >= 0.6 is 0 Å². The summed E-state index contributed by atoms with van der Waals surface area (Å²) in [6.45, 7) is 28.2. The predicted octanol–water partition coefficient (Wildman–Crippen LogP) is 13.7. The predicted molar refractivity (Wildman–Crippen MR) is 283 cm³/mol. The van der Waals surface area contributed by atoms with Gasteiger partial charge in [-0.05, 0) is 175 Å². The highest BCUT2D eigenvalue weighted by Gasteiger charge is 2.40. The maximum atomic E-state index is 4.85. The summed E-state index contributed by atoms with van der Waals surface area (Å²) < 4.78 is 0. The molecule has 0 radical (unpaired) electrons. The van der Waals surface area contributed by atoms with Crippen molar-refractivity contribution in [3.8, 4) is 0 Å². The maximum absolute atomic E-state index is 4.85. The van der Waals surface area contributed by atoms with E-state index < -0.39 is 8.07 Å². The number of anilines is 6. The van der Waals surface area contributed by atoms with E-state index in [1.54, 1.807) is 0 Å². The van der Waals surface area contributed by atoms with Crippen LogP contribution in [0.3, 0.4) is 0 Å². The molecule has 0 atom stereocenters. The molecule has 322 valence electrons. The molecule has 64 heavy (non-hydrogen) atoms. The second-order valence-corrected chi connectivity index (χ2v) is 25.9. The average Bonchev–Trinajstić information content (AvgIpc) is 3.26. The fraction of sp³-hybridized carbons (Fsp3) is 0.267. The van der Waals surface area contributed by atoms with E-state index in [4.69, 9.17) is 6.58 Å². The Balaban J connectivity index is 1.33. The molecule has 0 aromatic heterocycles. The minimum atomic E-state index is -1.50. The zero-order chi connectivity index (χ0) is 45.1. The summed E-state index contributed by atoms with van der Waals surface area (Å²) >= 11 is 0. The quantitative estimate of drug-likeness (QED) is 0.134. The number of para-hydroxylation sites is 1. The van der Waals surface area contributed by atoms with Crippen LogP contribution in [0.1, 0.15) is 83.7 Å². The monoisotopic (exact) mass is 853 g/mol. The topological polar surface area (TPSA) is 6.48 Å². The van der Waals surface area contributed by atoms with Crippen LogP contribution in [0.15, 0.2) is 146 Å². The van der Waals surface area contributed by atoms with Crippen LogP contribution in [-0.2, 0) is 24.7 Å². The second-order valence-electron chi connectivity index (χ2n) is 20.9. The van der Waals surface area contributed by atoms with Crippen LogP contribution in [0, 0.1) is 27.7 Å². The van der Waals surface area contributed by atoms with E-state index in [1.807, 2.05) is 0 Å². The molecule has 2 nitrogen and oxygen atoms in total. The third-order valence-electron chi connectivity index (χ3n) is 14.1. The average molecular weight is 853 g/mol. The van der Waals surface area contributed by atoms with Crippen LogP contribution in [-0.4, -0.2) is 14.8 Å². The lowest BCUT2D eigenvalue weighted by Crippen LogP contribution is -2.59. The molecule has 0 fully saturated rings. The summed E-state index contributed by atoms with van der Waals surface area (Å²) in [4.78, 5) is 5.08. The molecule has 7 aromatic carbocycles. The third kappa shape index (κ3) is 8.22. The zero-order valence-corrected chi connectivity index (χ0v) is 41.0. The van der Waals surface area contributed by atoms with Crippen molar-refractivity contribution >= 4 is 76.1 Å². The largest absolute Gasteiger partial charge is 0.311 e. The third-order valence-corrected chi connectivity index (χ3v) is 16.1. The van der Waals surface area contributed by atoms with Crippen molar-refractivity contribution in [2.45, 2.75) is 106 Å². The van der Waals surface area contributed by atoms with Gasteiger partial charge in [-0.15, -0.1) is 0 Å². The summed E-state index contributed by atoms with van der Waals surface area (Å²) in [5.41, 5.74) is 24.7. The van der Waals surface area contributed by atoms with Crippen LogP contribution in [0.25, 0.3) is 5.57 Å². The van der Waals surface area contributed by atoms with Crippen molar-refractivity contribution in [3.63, 3.8) is 0 Å². The van der Waals surface area contributed by atoms with Gasteiger partial charge in [0.15, 0.2) is 0 Å². The van der Waals surface area contributed by atoms with E-state index >= 15 is 0 Å². The first-order valence-corrected chi connectivity index (χ1v) is 27.1. The summed E-state index contributed by atoms with van der Waals surface area (Å²) in [5, 5.41) is 1.47. The van der Waals surface area contributed by atoms with Crippen molar-refractivity contribution in [2.24, 2.45) is 0 Å². The summed E-state index contributed by atoms with van der Waals surface area (Å²) in [6.07, 6.45) is 5.48. The van der Waals surface area contributed by atoms with Gasteiger partial charge in [-0.25, -0.2) is 0 Å². The van der Waals surface area contributed by atoms with Crippen LogP contribution < -0.4 is 31.4 Å². The van der Waals surface area contributed by atoms with Gasteiger partial charge in [0.05, 0.1) is 8.07 Å². The molecule has 4 heteroatoms. The Bertz CT molecular complexity index is 2890. The Kier molecular flexibility index (Phi) is 11.5. The fourth-order valence-electron chi connectivity index (χ4n) is 10.4. The van der Waals surface area contributed by atoms with Crippen molar-refractivity contribution in [3.05, 3.63) is 196 Å². The number of rotatable bonds is 9.